The number of rotatable bonds is 7. The smallest absolute Gasteiger partial charge is 0.225 e. The Kier molecular flexibility index (Phi) is 6.10. The molecule has 0 aliphatic rings. The van der Waals surface area contributed by atoms with Gasteiger partial charge in [0.25, 0.3) is 0 Å². The van der Waals surface area contributed by atoms with Crippen molar-refractivity contribution in [1.82, 2.24) is 15.2 Å². The van der Waals surface area contributed by atoms with Gasteiger partial charge in [0.15, 0.2) is 5.13 Å². The van der Waals surface area contributed by atoms with E-state index in [1.807, 2.05) is 12.3 Å². The Morgan fingerprint density at radius 2 is 2.10 bits per heavy atom. The summed E-state index contributed by atoms with van der Waals surface area (Å²) in [5, 5.41) is 6.21. The third kappa shape index (κ3) is 4.54. The van der Waals surface area contributed by atoms with Crippen LogP contribution in [0.5, 0.6) is 0 Å². The molecule has 0 saturated heterocycles. The lowest BCUT2D eigenvalue weighted by molar-refractivity contribution is -0.116. The van der Waals surface area contributed by atoms with Crippen LogP contribution in [0.25, 0.3) is 0 Å². The Morgan fingerprint density at radius 3 is 2.60 bits per heavy atom. The third-order valence-corrected chi connectivity index (χ3v) is 4.45. The molecule has 0 spiro atoms. The molecule has 5 nitrogen and oxygen atoms in total. The quantitative estimate of drug-likeness (QED) is 0.836. The van der Waals surface area contributed by atoms with Gasteiger partial charge in [-0.2, -0.15) is 0 Å². The Labute approximate surface area is 126 Å². The summed E-state index contributed by atoms with van der Waals surface area (Å²) >= 11 is 1.52. The van der Waals surface area contributed by atoms with Crippen LogP contribution >= 0.6 is 11.3 Å². The largest absolute Gasteiger partial charge is 0.309 e. The van der Waals surface area contributed by atoms with Gasteiger partial charge in [-0.25, -0.2) is 4.98 Å². The zero-order valence-electron chi connectivity index (χ0n) is 13.4. The molecule has 1 aromatic rings. The van der Waals surface area contributed by atoms with Crippen molar-refractivity contribution >= 4 is 22.4 Å². The van der Waals surface area contributed by atoms with E-state index in [9.17, 15) is 4.79 Å². The van der Waals surface area contributed by atoms with E-state index >= 15 is 0 Å². The zero-order valence-corrected chi connectivity index (χ0v) is 14.2. The minimum Gasteiger partial charge on any atom is -0.309 e. The first-order valence-electron chi connectivity index (χ1n) is 6.88. The van der Waals surface area contributed by atoms with Crippen LogP contribution in [0.2, 0.25) is 0 Å². The molecule has 0 aliphatic heterocycles. The Morgan fingerprint density at radius 1 is 1.45 bits per heavy atom. The summed E-state index contributed by atoms with van der Waals surface area (Å²) in [7, 11) is 4.16. The molecule has 114 valence electrons. The van der Waals surface area contributed by atoms with E-state index in [0.29, 0.717) is 6.54 Å². The number of hydrogen-bond donors (Lipinski definition) is 1. The molecular weight excluding hydrogens is 272 g/mol. The maximum Gasteiger partial charge on any atom is 0.225 e. The number of thiazole rings is 1. The summed E-state index contributed by atoms with van der Waals surface area (Å²) in [6, 6.07) is 0. The zero-order chi connectivity index (χ0) is 15.3. The molecule has 0 radical (unpaired) electrons. The molecule has 1 heterocycles. The molecule has 20 heavy (non-hydrogen) atoms. The molecule has 0 aliphatic carbocycles. The number of aromatic nitrogens is 1. The van der Waals surface area contributed by atoms with E-state index in [-0.39, 0.29) is 11.4 Å². The molecule has 0 aromatic carbocycles. The standard InChI is InChI=1S/C14H26N4OS/c1-7-18(11(2)19)13-16-12(9-20-13)8-15-10-14(3,4)17(5)6/h9,15H,7-8,10H2,1-6H3. The average molecular weight is 298 g/mol. The Bertz CT molecular complexity index is 442. The molecule has 6 heteroatoms. The van der Waals surface area contributed by atoms with Gasteiger partial charge in [-0.3, -0.25) is 9.69 Å². The lowest BCUT2D eigenvalue weighted by Crippen LogP contribution is -2.46. The highest BCUT2D eigenvalue weighted by molar-refractivity contribution is 7.14. The molecular formula is C14H26N4OS. The van der Waals surface area contributed by atoms with Gasteiger partial charge in [-0.05, 0) is 34.9 Å². The molecule has 0 fully saturated rings. The molecule has 1 aromatic heterocycles. The average Bonchev–Trinajstić information content (AvgIpc) is 2.77. The predicted molar refractivity (Wildman–Crippen MR) is 85.3 cm³/mol. The molecule has 0 unspecified atom stereocenters. The number of carbonyl (C=O) groups excluding carboxylic acids is 1. The van der Waals surface area contributed by atoms with Gasteiger partial charge >= 0.3 is 0 Å². The summed E-state index contributed by atoms with van der Waals surface area (Å²) < 4.78 is 0. The molecule has 0 bridgehead atoms. The molecule has 1 amide bonds. The van der Waals surface area contributed by atoms with Gasteiger partial charge in [-0.1, -0.05) is 0 Å². The highest BCUT2D eigenvalue weighted by atomic mass is 32.1. The normalized spacial score (nSPS) is 11.9. The number of nitrogens with one attached hydrogen (secondary N) is 1. The van der Waals surface area contributed by atoms with Crippen molar-refractivity contribution in [2.75, 3.05) is 32.1 Å². The maximum atomic E-state index is 11.5. The van der Waals surface area contributed by atoms with Gasteiger partial charge in [-0.15, -0.1) is 11.3 Å². The Balaban J connectivity index is 2.55. The van der Waals surface area contributed by atoms with Crippen molar-refractivity contribution in [2.45, 2.75) is 39.8 Å². The van der Waals surface area contributed by atoms with Crippen LogP contribution in [-0.2, 0) is 11.3 Å². The van der Waals surface area contributed by atoms with Gasteiger partial charge < -0.3 is 10.2 Å². The molecule has 1 N–H and O–H groups in total. The van der Waals surface area contributed by atoms with Crippen molar-refractivity contribution in [3.8, 4) is 0 Å². The van der Waals surface area contributed by atoms with E-state index in [0.717, 1.165) is 23.9 Å². The number of carbonyl (C=O) groups is 1. The first kappa shape index (κ1) is 17.1. The number of likely N-dealkylation sites (N-methyl/N-ethyl adjacent to an activating group) is 1. The molecule has 0 atom stereocenters. The van der Waals surface area contributed by atoms with Crippen LogP contribution in [0.3, 0.4) is 0 Å². The fourth-order valence-electron chi connectivity index (χ4n) is 1.65. The highest BCUT2D eigenvalue weighted by Crippen LogP contribution is 2.20. The molecule has 1 rings (SSSR count). The summed E-state index contributed by atoms with van der Waals surface area (Å²) in [5.74, 6) is 0.0371. The monoisotopic (exact) mass is 298 g/mol. The second-order valence-electron chi connectivity index (χ2n) is 5.70. The van der Waals surface area contributed by atoms with Crippen LogP contribution in [0, 0.1) is 0 Å². The Hall–Kier alpha value is -0.980. The highest BCUT2D eigenvalue weighted by Gasteiger charge is 2.20. The fraction of sp³-hybridized carbons (Fsp3) is 0.714. The summed E-state index contributed by atoms with van der Waals surface area (Å²) in [6.45, 7) is 10.2. The second kappa shape index (κ2) is 7.15. The van der Waals surface area contributed by atoms with Crippen LogP contribution in [-0.4, -0.2) is 48.5 Å². The number of nitrogens with zero attached hydrogens (tertiary/aromatic N) is 3. The summed E-state index contributed by atoms with van der Waals surface area (Å²) in [5.41, 5.74) is 1.09. The lowest BCUT2D eigenvalue weighted by Gasteiger charge is -2.32. The van der Waals surface area contributed by atoms with Gasteiger partial charge in [0.05, 0.1) is 5.69 Å². The van der Waals surface area contributed by atoms with E-state index in [4.69, 9.17) is 0 Å². The van der Waals surface area contributed by atoms with Crippen molar-refractivity contribution < 1.29 is 4.79 Å². The van der Waals surface area contributed by atoms with Crippen LogP contribution in [0.1, 0.15) is 33.4 Å². The van der Waals surface area contributed by atoms with Crippen molar-refractivity contribution in [3.05, 3.63) is 11.1 Å². The van der Waals surface area contributed by atoms with E-state index < -0.39 is 0 Å². The summed E-state index contributed by atoms with van der Waals surface area (Å²) in [6.07, 6.45) is 0. The first-order valence-corrected chi connectivity index (χ1v) is 7.76. The summed E-state index contributed by atoms with van der Waals surface area (Å²) in [4.78, 5) is 19.9. The first-order chi connectivity index (χ1) is 9.27. The SMILES string of the molecule is CCN(C(C)=O)c1nc(CNCC(C)(C)N(C)C)cs1. The lowest BCUT2D eigenvalue weighted by atomic mass is 10.0. The van der Waals surface area contributed by atoms with Gasteiger partial charge in [0.1, 0.15) is 0 Å². The second-order valence-corrected chi connectivity index (χ2v) is 6.53. The van der Waals surface area contributed by atoms with Crippen molar-refractivity contribution in [3.63, 3.8) is 0 Å². The predicted octanol–water partition coefficient (Wildman–Crippen LogP) is 1.95. The minimum absolute atomic E-state index is 0.0371. The van der Waals surface area contributed by atoms with Gasteiger partial charge in [0, 0.05) is 37.5 Å². The minimum atomic E-state index is 0.0371. The third-order valence-electron chi connectivity index (χ3n) is 3.54. The topological polar surface area (TPSA) is 48.5 Å². The van der Waals surface area contributed by atoms with Crippen molar-refractivity contribution in [1.29, 1.82) is 0 Å². The number of hydrogen-bond acceptors (Lipinski definition) is 5. The number of amides is 1. The van der Waals surface area contributed by atoms with E-state index in [2.05, 4.69) is 43.1 Å². The van der Waals surface area contributed by atoms with E-state index in [1.165, 1.54) is 11.3 Å². The van der Waals surface area contributed by atoms with Crippen LogP contribution in [0.15, 0.2) is 5.38 Å². The van der Waals surface area contributed by atoms with Gasteiger partial charge in [0.2, 0.25) is 5.91 Å². The number of anilines is 1. The maximum absolute atomic E-state index is 11.5. The van der Waals surface area contributed by atoms with Crippen LogP contribution in [0.4, 0.5) is 5.13 Å². The fourth-order valence-corrected chi connectivity index (χ4v) is 2.58. The van der Waals surface area contributed by atoms with Crippen LogP contribution < -0.4 is 10.2 Å². The van der Waals surface area contributed by atoms with E-state index in [1.54, 1.807) is 11.8 Å². The molecule has 0 saturated carbocycles. The van der Waals surface area contributed by atoms with Crippen molar-refractivity contribution in [2.24, 2.45) is 0 Å².